The highest BCUT2D eigenvalue weighted by Gasteiger charge is 2.14. The molecule has 0 fully saturated rings. The highest BCUT2D eigenvalue weighted by atomic mass is 16.3. The molecule has 2 atom stereocenters. The number of anilines is 1. The molecule has 2 unspecified atom stereocenters. The normalized spacial score (nSPS) is 14.9. The second kappa shape index (κ2) is 6.62. The summed E-state index contributed by atoms with van der Waals surface area (Å²) >= 11 is 0. The first-order chi connectivity index (χ1) is 8.04. The first kappa shape index (κ1) is 14.0. The third kappa shape index (κ3) is 4.36. The van der Waals surface area contributed by atoms with Crippen LogP contribution in [-0.2, 0) is 0 Å². The van der Waals surface area contributed by atoms with Crippen molar-refractivity contribution in [2.75, 3.05) is 25.9 Å². The highest BCUT2D eigenvalue weighted by molar-refractivity contribution is 5.47. The minimum Gasteiger partial charge on any atom is -0.398 e. The van der Waals surface area contributed by atoms with Crippen LogP contribution in [0.5, 0.6) is 0 Å². The predicted octanol–water partition coefficient (Wildman–Crippen LogP) is 2.28. The van der Waals surface area contributed by atoms with Crippen LogP contribution in [0, 0.1) is 5.92 Å². The van der Waals surface area contributed by atoms with Crippen molar-refractivity contribution in [1.29, 1.82) is 0 Å². The topological polar surface area (TPSA) is 49.5 Å². The lowest BCUT2D eigenvalue weighted by Crippen LogP contribution is -2.29. The first-order valence-electron chi connectivity index (χ1n) is 6.25. The zero-order valence-electron chi connectivity index (χ0n) is 11.1. The van der Waals surface area contributed by atoms with Crippen LogP contribution in [-0.4, -0.2) is 30.1 Å². The summed E-state index contributed by atoms with van der Waals surface area (Å²) in [5.74, 6) is 0.653. The Labute approximate surface area is 104 Å². The number of hydrogen-bond acceptors (Lipinski definition) is 3. The van der Waals surface area contributed by atoms with Gasteiger partial charge in [0.05, 0.1) is 6.10 Å². The molecule has 1 rings (SSSR count). The number of benzene rings is 1. The lowest BCUT2D eigenvalue weighted by Gasteiger charge is -2.24. The van der Waals surface area contributed by atoms with Crippen molar-refractivity contribution in [1.82, 2.24) is 4.90 Å². The minimum atomic E-state index is -0.509. The maximum Gasteiger partial charge on any atom is 0.0936 e. The van der Waals surface area contributed by atoms with E-state index in [0.29, 0.717) is 18.2 Å². The highest BCUT2D eigenvalue weighted by Crippen LogP contribution is 2.20. The van der Waals surface area contributed by atoms with Crippen molar-refractivity contribution in [2.24, 2.45) is 5.92 Å². The van der Waals surface area contributed by atoms with Gasteiger partial charge in [-0.15, -0.1) is 0 Å². The van der Waals surface area contributed by atoms with Gasteiger partial charge in [0, 0.05) is 24.3 Å². The van der Waals surface area contributed by atoms with Crippen LogP contribution in [0.3, 0.4) is 0 Å². The summed E-state index contributed by atoms with van der Waals surface area (Å²) in [6.07, 6.45) is 0.652. The fraction of sp³-hybridized carbons (Fsp3) is 0.571. The molecule has 0 bridgehead atoms. The van der Waals surface area contributed by atoms with E-state index < -0.39 is 6.10 Å². The van der Waals surface area contributed by atoms with Crippen LogP contribution in [0.2, 0.25) is 0 Å². The number of hydrogen-bond donors (Lipinski definition) is 2. The molecule has 17 heavy (non-hydrogen) atoms. The lowest BCUT2D eigenvalue weighted by molar-refractivity contribution is 0.120. The standard InChI is InChI=1S/C14H24N2O/c1-4-11(2)9-16(3)10-14(17)12-7-5-6-8-13(12)15/h5-8,11,14,17H,4,9-10,15H2,1-3H3. The van der Waals surface area contributed by atoms with E-state index >= 15 is 0 Å². The second-order valence-electron chi connectivity index (χ2n) is 4.88. The van der Waals surface area contributed by atoms with Crippen LogP contribution in [0.25, 0.3) is 0 Å². The van der Waals surface area contributed by atoms with Crippen LogP contribution in [0.4, 0.5) is 5.69 Å². The van der Waals surface area contributed by atoms with E-state index in [1.54, 1.807) is 0 Å². The van der Waals surface area contributed by atoms with E-state index in [1.165, 1.54) is 0 Å². The fourth-order valence-corrected chi connectivity index (χ4v) is 1.94. The molecule has 1 aromatic carbocycles. The van der Waals surface area contributed by atoms with Gasteiger partial charge < -0.3 is 15.7 Å². The van der Waals surface area contributed by atoms with Crippen LogP contribution in [0.1, 0.15) is 31.9 Å². The van der Waals surface area contributed by atoms with Gasteiger partial charge in [-0.25, -0.2) is 0 Å². The quantitative estimate of drug-likeness (QED) is 0.745. The van der Waals surface area contributed by atoms with Crippen molar-refractivity contribution < 1.29 is 5.11 Å². The molecule has 3 heteroatoms. The van der Waals surface area contributed by atoms with E-state index in [9.17, 15) is 5.11 Å². The summed E-state index contributed by atoms with van der Waals surface area (Å²) in [7, 11) is 2.04. The molecule has 0 amide bonds. The molecule has 0 aliphatic heterocycles. The Balaban J connectivity index is 2.54. The smallest absolute Gasteiger partial charge is 0.0936 e. The number of likely N-dealkylation sites (N-methyl/N-ethyl adjacent to an activating group) is 1. The van der Waals surface area contributed by atoms with Gasteiger partial charge in [-0.1, -0.05) is 38.5 Å². The maximum absolute atomic E-state index is 10.1. The number of aliphatic hydroxyl groups excluding tert-OH is 1. The van der Waals surface area contributed by atoms with Gasteiger partial charge in [0.15, 0.2) is 0 Å². The van der Waals surface area contributed by atoms with Crippen molar-refractivity contribution >= 4 is 5.69 Å². The predicted molar refractivity (Wildman–Crippen MR) is 72.8 cm³/mol. The van der Waals surface area contributed by atoms with Gasteiger partial charge in [0.2, 0.25) is 0 Å². The van der Waals surface area contributed by atoms with Crippen molar-refractivity contribution in [3.8, 4) is 0 Å². The summed E-state index contributed by atoms with van der Waals surface area (Å²) in [5.41, 5.74) is 7.33. The van der Waals surface area contributed by atoms with Crippen molar-refractivity contribution in [3.63, 3.8) is 0 Å². The summed E-state index contributed by atoms with van der Waals surface area (Å²) in [6, 6.07) is 7.50. The third-order valence-electron chi connectivity index (χ3n) is 3.16. The monoisotopic (exact) mass is 236 g/mol. The van der Waals surface area contributed by atoms with Crippen LogP contribution in [0.15, 0.2) is 24.3 Å². The van der Waals surface area contributed by atoms with Crippen LogP contribution < -0.4 is 5.73 Å². The number of para-hydroxylation sites is 1. The van der Waals surface area contributed by atoms with E-state index in [0.717, 1.165) is 18.5 Å². The number of nitrogens with two attached hydrogens (primary N) is 1. The molecule has 0 heterocycles. The fourth-order valence-electron chi connectivity index (χ4n) is 1.94. The van der Waals surface area contributed by atoms with Crippen molar-refractivity contribution in [3.05, 3.63) is 29.8 Å². The Kier molecular flexibility index (Phi) is 5.45. The second-order valence-corrected chi connectivity index (χ2v) is 4.88. The first-order valence-corrected chi connectivity index (χ1v) is 6.25. The van der Waals surface area contributed by atoms with E-state index in [-0.39, 0.29) is 0 Å². The summed E-state index contributed by atoms with van der Waals surface area (Å²) in [6.45, 7) is 6.03. The maximum atomic E-state index is 10.1. The Hall–Kier alpha value is -1.06. The molecular weight excluding hydrogens is 212 g/mol. The number of rotatable bonds is 6. The van der Waals surface area contributed by atoms with Gasteiger partial charge in [0.1, 0.15) is 0 Å². The molecule has 1 aromatic rings. The molecule has 0 spiro atoms. The zero-order valence-corrected chi connectivity index (χ0v) is 11.1. The summed E-state index contributed by atoms with van der Waals surface area (Å²) in [4.78, 5) is 2.16. The summed E-state index contributed by atoms with van der Waals surface area (Å²) in [5, 5.41) is 10.1. The molecule has 0 saturated carbocycles. The molecular formula is C14H24N2O. The number of nitrogen functional groups attached to an aromatic ring is 1. The molecule has 96 valence electrons. The Morgan fingerprint density at radius 3 is 2.53 bits per heavy atom. The van der Waals surface area contributed by atoms with Gasteiger partial charge in [0.25, 0.3) is 0 Å². The van der Waals surface area contributed by atoms with Crippen LogP contribution >= 0.6 is 0 Å². The number of nitrogens with zero attached hydrogens (tertiary/aromatic N) is 1. The third-order valence-corrected chi connectivity index (χ3v) is 3.16. The lowest BCUT2D eigenvalue weighted by atomic mass is 10.1. The molecule has 0 aliphatic carbocycles. The van der Waals surface area contributed by atoms with Crippen molar-refractivity contribution in [2.45, 2.75) is 26.4 Å². The van der Waals surface area contributed by atoms with Gasteiger partial charge in [-0.3, -0.25) is 0 Å². The number of aliphatic hydroxyl groups is 1. The Morgan fingerprint density at radius 1 is 1.29 bits per heavy atom. The molecule has 0 aliphatic rings. The zero-order chi connectivity index (χ0) is 12.8. The molecule has 0 aromatic heterocycles. The van der Waals surface area contributed by atoms with Gasteiger partial charge in [-0.2, -0.15) is 0 Å². The Morgan fingerprint density at radius 2 is 1.94 bits per heavy atom. The average molecular weight is 236 g/mol. The molecule has 0 radical (unpaired) electrons. The summed E-state index contributed by atoms with van der Waals surface area (Å²) < 4.78 is 0. The minimum absolute atomic E-state index is 0.509. The molecule has 3 nitrogen and oxygen atoms in total. The van der Waals surface area contributed by atoms with Gasteiger partial charge in [-0.05, 0) is 19.0 Å². The van der Waals surface area contributed by atoms with E-state index in [1.807, 2.05) is 31.3 Å². The Bertz CT molecular complexity index is 341. The average Bonchev–Trinajstić information content (AvgIpc) is 2.29. The largest absolute Gasteiger partial charge is 0.398 e. The molecule has 3 N–H and O–H groups in total. The van der Waals surface area contributed by atoms with Gasteiger partial charge >= 0.3 is 0 Å². The SMILES string of the molecule is CCC(C)CN(C)CC(O)c1ccccc1N. The molecule has 0 saturated heterocycles. The van der Waals surface area contributed by atoms with E-state index in [4.69, 9.17) is 5.73 Å². The van der Waals surface area contributed by atoms with E-state index in [2.05, 4.69) is 18.7 Å².